The minimum absolute atomic E-state index is 0.0444. The van der Waals surface area contributed by atoms with Gasteiger partial charge in [-0.2, -0.15) is 0 Å². The number of likely N-dealkylation sites (N-methyl/N-ethyl adjacent to an activating group) is 1. The summed E-state index contributed by atoms with van der Waals surface area (Å²) in [5, 5.41) is 0. The molecule has 2 aromatic rings. The van der Waals surface area contributed by atoms with Crippen molar-refractivity contribution >= 4 is 5.91 Å². The third kappa shape index (κ3) is 5.01. The average molecular weight is 355 g/mol. The molecule has 0 saturated heterocycles. The van der Waals surface area contributed by atoms with Crippen molar-refractivity contribution in [3.63, 3.8) is 0 Å². The van der Waals surface area contributed by atoms with Gasteiger partial charge < -0.3 is 14.4 Å². The molecule has 0 heterocycles. The number of hydrogen-bond acceptors (Lipinski definition) is 3. The SMILES string of the molecule is COc1ccc(CN(C)C(=O)[C@H](C)Oc2cc(C)ccc2C(C)C)cc1. The van der Waals surface area contributed by atoms with Crippen molar-refractivity contribution in [3.05, 3.63) is 59.2 Å². The van der Waals surface area contributed by atoms with Gasteiger partial charge in [-0.1, -0.05) is 38.1 Å². The Labute approximate surface area is 156 Å². The van der Waals surface area contributed by atoms with Gasteiger partial charge in [-0.25, -0.2) is 0 Å². The Morgan fingerprint density at radius 2 is 1.73 bits per heavy atom. The predicted octanol–water partition coefficient (Wildman–Crippen LogP) is 4.55. The van der Waals surface area contributed by atoms with Gasteiger partial charge in [0, 0.05) is 13.6 Å². The molecule has 26 heavy (non-hydrogen) atoms. The van der Waals surface area contributed by atoms with Gasteiger partial charge in [0.1, 0.15) is 11.5 Å². The van der Waals surface area contributed by atoms with E-state index in [-0.39, 0.29) is 5.91 Å². The Morgan fingerprint density at radius 1 is 1.08 bits per heavy atom. The van der Waals surface area contributed by atoms with Gasteiger partial charge in [0.2, 0.25) is 0 Å². The summed E-state index contributed by atoms with van der Waals surface area (Å²) >= 11 is 0. The van der Waals surface area contributed by atoms with Crippen LogP contribution in [0.4, 0.5) is 0 Å². The second kappa shape index (κ2) is 8.75. The predicted molar refractivity (Wildman–Crippen MR) is 105 cm³/mol. The van der Waals surface area contributed by atoms with Crippen LogP contribution in [-0.4, -0.2) is 31.1 Å². The van der Waals surface area contributed by atoms with Crippen molar-refractivity contribution in [1.29, 1.82) is 0 Å². The number of ether oxygens (including phenoxy) is 2. The molecule has 1 atom stereocenters. The summed E-state index contributed by atoms with van der Waals surface area (Å²) in [5.74, 6) is 1.89. The molecule has 0 aromatic heterocycles. The molecular formula is C22H29NO3. The Kier molecular flexibility index (Phi) is 6.67. The largest absolute Gasteiger partial charge is 0.497 e. The Hall–Kier alpha value is -2.49. The summed E-state index contributed by atoms with van der Waals surface area (Å²) in [6, 6.07) is 13.9. The fourth-order valence-electron chi connectivity index (χ4n) is 2.85. The zero-order valence-corrected chi connectivity index (χ0v) is 16.6. The van der Waals surface area contributed by atoms with Crippen LogP contribution in [0.5, 0.6) is 11.5 Å². The van der Waals surface area contributed by atoms with E-state index in [1.807, 2.05) is 37.3 Å². The summed E-state index contributed by atoms with van der Waals surface area (Å²) in [7, 11) is 3.44. The summed E-state index contributed by atoms with van der Waals surface area (Å²) in [4.78, 5) is 14.4. The number of methoxy groups -OCH3 is 1. The van der Waals surface area contributed by atoms with Gasteiger partial charge >= 0.3 is 0 Å². The number of hydrogen-bond donors (Lipinski definition) is 0. The van der Waals surface area contributed by atoms with E-state index in [9.17, 15) is 4.79 Å². The molecule has 0 aliphatic rings. The van der Waals surface area contributed by atoms with Crippen molar-refractivity contribution in [2.75, 3.05) is 14.2 Å². The quantitative estimate of drug-likeness (QED) is 0.731. The van der Waals surface area contributed by atoms with E-state index in [1.165, 1.54) is 0 Å². The maximum atomic E-state index is 12.7. The first-order chi connectivity index (χ1) is 12.3. The van der Waals surface area contributed by atoms with E-state index >= 15 is 0 Å². The number of rotatable bonds is 7. The first-order valence-electron chi connectivity index (χ1n) is 8.97. The van der Waals surface area contributed by atoms with Crippen LogP contribution in [0.1, 0.15) is 43.4 Å². The highest BCUT2D eigenvalue weighted by Gasteiger charge is 2.21. The van der Waals surface area contributed by atoms with Crippen molar-refractivity contribution in [2.24, 2.45) is 0 Å². The molecule has 2 aromatic carbocycles. The smallest absolute Gasteiger partial charge is 0.263 e. The molecule has 0 bridgehead atoms. The monoisotopic (exact) mass is 355 g/mol. The third-order valence-electron chi connectivity index (χ3n) is 4.40. The lowest BCUT2D eigenvalue weighted by molar-refractivity contribution is -0.137. The molecule has 0 aliphatic heterocycles. The van der Waals surface area contributed by atoms with E-state index in [0.717, 1.165) is 28.2 Å². The standard InChI is InChI=1S/C22H29NO3/c1-15(2)20-12-7-16(3)13-21(20)26-17(4)22(24)23(5)14-18-8-10-19(25-6)11-9-18/h7-13,15,17H,14H2,1-6H3/t17-/m0/s1. The topological polar surface area (TPSA) is 38.8 Å². The summed E-state index contributed by atoms with van der Waals surface area (Å²) in [6.07, 6.45) is -0.544. The molecule has 0 unspecified atom stereocenters. The molecule has 140 valence electrons. The molecule has 0 saturated carbocycles. The molecule has 0 spiro atoms. The van der Waals surface area contributed by atoms with E-state index in [0.29, 0.717) is 12.5 Å². The molecule has 0 aliphatic carbocycles. The minimum atomic E-state index is -0.544. The van der Waals surface area contributed by atoms with Gasteiger partial charge in [0.15, 0.2) is 6.10 Å². The highest BCUT2D eigenvalue weighted by Crippen LogP contribution is 2.28. The van der Waals surface area contributed by atoms with Crippen LogP contribution < -0.4 is 9.47 Å². The van der Waals surface area contributed by atoms with Gasteiger partial charge in [0.25, 0.3) is 5.91 Å². The highest BCUT2D eigenvalue weighted by atomic mass is 16.5. The molecule has 4 nitrogen and oxygen atoms in total. The van der Waals surface area contributed by atoms with Gasteiger partial charge in [0.05, 0.1) is 7.11 Å². The van der Waals surface area contributed by atoms with Crippen LogP contribution >= 0.6 is 0 Å². The normalized spacial score (nSPS) is 12.0. The Balaban J connectivity index is 2.05. The first kappa shape index (κ1) is 19.8. The maximum absolute atomic E-state index is 12.7. The van der Waals surface area contributed by atoms with Crippen LogP contribution in [0.25, 0.3) is 0 Å². The first-order valence-corrected chi connectivity index (χ1v) is 8.97. The van der Waals surface area contributed by atoms with Crippen LogP contribution in [0, 0.1) is 6.92 Å². The molecule has 4 heteroatoms. The van der Waals surface area contributed by atoms with Crippen LogP contribution in [0.2, 0.25) is 0 Å². The molecule has 0 radical (unpaired) electrons. The van der Waals surface area contributed by atoms with Crippen molar-refractivity contribution in [3.8, 4) is 11.5 Å². The Morgan fingerprint density at radius 3 is 2.31 bits per heavy atom. The fraction of sp³-hybridized carbons (Fsp3) is 0.409. The van der Waals surface area contributed by atoms with E-state index in [4.69, 9.17) is 9.47 Å². The van der Waals surface area contributed by atoms with Crippen molar-refractivity contribution in [1.82, 2.24) is 4.90 Å². The number of carbonyl (C=O) groups is 1. The summed E-state index contributed by atoms with van der Waals surface area (Å²) in [5.41, 5.74) is 3.29. The maximum Gasteiger partial charge on any atom is 0.263 e. The highest BCUT2D eigenvalue weighted by molar-refractivity contribution is 5.80. The molecular weight excluding hydrogens is 326 g/mol. The second-order valence-electron chi connectivity index (χ2n) is 7.00. The number of benzene rings is 2. The zero-order valence-electron chi connectivity index (χ0n) is 16.6. The number of carbonyl (C=O) groups excluding carboxylic acids is 1. The van der Waals surface area contributed by atoms with Gasteiger partial charge in [-0.3, -0.25) is 4.79 Å². The van der Waals surface area contributed by atoms with Gasteiger partial charge in [-0.05, 0) is 54.7 Å². The van der Waals surface area contributed by atoms with E-state index in [1.54, 1.807) is 26.0 Å². The number of amides is 1. The van der Waals surface area contributed by atoms with E-state index < -0.39 is 6.10 Å². The lowest BCUT2D eigenvalue weighted by Crippen LogP contribution is -2.37. The lowest BCUT2D eigenvalue weighted by Gasteiger charge is -2.24. The third-order valence-corrected chi connectivity index (χ3v) is 4.40. The van der Waals surface area contributed by atoms with Crippen LogP contribution in [0.15, 0.2) is 42.5 Å². The zero-order chi connectivity index (χ0) is 19.3. The van der Waals surface area contributed by atoms with Crippen molar-refractivity contribution in [2.45, 2.75) is 46.3 Å². The number of nitrogens with zero attached hydrogens (tertiary/aromatic N) is 1. The number of aryl methyl sites for hydroxylation is 1. The fourth-order valence-corrected chi connectivity index (χ4v) is 2.85. The summed E-state index contributed by atoms with van der Waals surface area (Å²) in [6.45, 7) is 8.61. The minimum Gasteiger partial charge on any atom is -0.497 e. The Bertz CT molecular complexity index is 738. The molecule has 2 rings (SSSR count). The van der Waals surface area contributed by atoms with E-state index in [2.05, 4.69) is 26.0 Å². The molecule has 0 fully saturated rings. The molecule has 0 N–H and O–H groups in total. The van der Waals surface area contributed by atoms with Crippen molar-refractivity contribution < 1.29 is 14.3 Å². The van der Waals surface area contributed by atoms with Crippen LogP contribution in [-0.2, 0) is 11.3 Å². The average Bonchev–Trinajstić information content (AvgIpc) is 2.61. The lowest BCUT2D eigenvalue weighted by atomic mass is 10.0. The molecule has 1 amide bonds. The second-order valence-corrected chi connectivity index (χ2v) is 7.00. The van der Waals surface area contributed by atoms with Gasteiger partial charge in [-0.15, -0.1) is 0 Å². The van der Waals surface area contributed by atoms with Crippen LogP contribution in [0.3, 0.4) is 0 Å². The summed E-state index contributed by atoms with van der Waals surface area (Å²) < 4.78 is 11.2.